The summed E-state index contributed by atoms with van der Waals surface area (Å²) in [5, 5.41) is 26.8. The molecule has 1 rings (SSSR count). The van der Waals surface area contributed by atoms with Gasteiger partial charge in [0.2, 0.25) is 0 Å². The third-order valence-electron chi connectivity index (χ3n) is 4.61. The minimum atomic E-state index is -5.16. The lowest BCUT2D eigenvalue weighted by atomic mass is 9.99. The van der Waals surface area contributed by atoms with Crippen LogP contribution >= 0.6 is 22.8 Å². The maximum absolute atomic E-state index is 12.5. The van der Waals surface area contributed by atoms with Crippen LogP contribution in [0.5, 0.6) is 0 Å². The number of carboxylic acids is 3. The summed E-state index contributed by atoms with van der Waals surface area (Å²) in [7, 11) is -14.3. The quantitative estimate of drug-likeness (QED) is 0.0882. The standard InChI is InChI=1S/C17H31O18P3/c1-3-4-5-31-6-10-14(33-36(24,25)7-11(18)19)15(34-37(26,27)8-12(20)21)16(17(30-2)32-10)35-38(28,29)9-13(22)23/h10,14-17H,3-9H2,1-2H3,(H,18,19)(H,20,21)(H,22,23)(H,24,25)(H,26,27)(H,28,29)/t10-,14-,15+,16+,17?/m1/s1. The molecule has 0 aliphatic carbocycles. The van der Waals surface area contributed by atoms with E-state index in [4.69, 9.17) is 43.1 Å². The largest absolute Gasteiger partial charge is 0.481 e. The molecule has 1 fully saturated rings. The fourth-order valence-electron chi connectivity index (χ4n) is 3.20. The minimum absolute atomic E-state index is 0.139. The highest BCUT2D eigenvalue weighted by Crippen LogP contribution is 2.53. The van der Waals surface area contributed by atoms with Gasteiger partial charge in [0.15, 0.2) is 6.29 Å². The Hall–Kier alpha value is -1.26. The van der Waals surface area contributed by atoms with Crippen LogP contribution in [0.1, 0.15) is 19.8 Å². The lowest BCUT2D eigenvalue weighted by molar-refractivity contribution is -0.284. The van der Waals surface area contributed by atoms with Gasteiger partial charge < -0.3 is 44.2 Å². The van der Waals surface area contributed by atoms with Gasteiger partial charge in [-0.25, -0.2) is 0 Å². The van der Waals surface area contributed by atoms with E-state index in [1.54, 1.807) is 0 Å². The zero-order chi connectivity index (χ0) is 29.3. The molecule has 4 unspecified atom stereocenters. The number of carbonyl (C=O) groups is 3. The van der Waals surface area contributed by atoms with Gasteiger partial charge in [0.1, 0.15) is 42.9 Å². The Morgan fingerprint density at radius 2 is 1.18 bits per heavy atom. The number of unbranched alkanes of at least 4 members (excludes halogenated alkanes) is 1. The van der Waals surface area contributed by atoms with Crippen molar-refractivity contribution in [3.63, 3.8) is 0 Å². The average molecular weight is 616 g/mol. The van der Waals surface area contributed by atoms with Gasteiger partial charge in [-0.3, -0.25) is 41.6 Å². The van der Waals surface area contributed by atoms with Crippen molar-refractivity contribution in [2.45, 2.75) is 50.5 Å². The second-order valence-corrected chi connectivity index (χ2v) is 13.4. The van der Waals surface area contributed by atoms with Crippen molar-refractivity contribution in [1.82, 2.24) is 0 Å². The van der Waals surface area contributed by atoms with Crippen molar-refractivity contribution in [2.24, 2.45) is 0 Å². The van der Waals surface area contributed by atoms with E-state index in [9.17, 15) is 42.8 Å². The summed E-state index contributed by atoms with van der Waals surface area (Å²) < 4.78 is 68.5. The first-order chi connectivity index (χ1) is 17.4. The Bertz CT molecular complexity index is 970. The van der Waals surface area contributed by atoms with Crippen molar-refractivity contribution in [3.05, 3.63) is 0 Å². The van der Waals surface area contributed by atoms with Gasteiger partial charge in [-0.05, 0) is 6.42 Å². The van der Waals surface area contributed by atoms with Crippen LogP contribution in [0, 0.1) is 0 Å². The number of ether oxygens (including phenoxy) is 3. The number of hydrogen-bond acceptors (Lipinski definition) is 12. The molecular weight excluding hydrogens is 585 g/mol. The molecule has 8 atom stereocenters. The van der Waals surface area contributed by atoms with Gasteiger partial charge in [-0.2, -0.15) is 0 Å². The summed E-state index contributed by atoms with van der Waals surface area (Å²) in [5.74, 6) is -5.37. The van der Waals surface area contributed by atoms with Crippen LogP contribution in [-0.2, 0) is 55.9 Å². The van der Waals surface area contributed by atoms with Crippen LogP contribution in [-0.4, -0.2) is 117 Å². The van der Waals surface area contributed by atoms with Gasteiger partial charge in [0.05, 0.1) is 6.61 Å². The summed E-state index contributed by atoms with van der Waals surface area (Å²) in [6, 6.07) is 0. The van der Waals surface area contributed by atoms with Gasteiger partial charge in [-0.1, -0.05) is 13.3 Å². The summed E-state index contributed by atoms with van der Waals surface area (Å²) in [6.45, 7) is 1.52. The van der Waals surface area contributed by atoms with Gasteiger partial charge in [0, 0.05) is 13.7 Å². The second-order valence-electron chi connectivity index (χ2n) is 7.99. The van der Waals surface area contributed by atoms with Crippen LogP contribution < -0.4 is 0 Å². The van der Waals surface area contributed by atoms with Crippen molar-refractivity contribution >= 4 is 40.7 Å². The van der Waals surface area contributed by atoms with Crippen molar-refractivity contribution in [3.8, 4) is 0 Å². The fraction of sp³-hybridized carbons (Fsp3) is 0.824. The lowest BCUT2D eigenvalue weighted by Crippen LogP contribution is -2.61. The first-order valence-corrected chi connectivity index (χ1v) is 16.1. The molecule has 222 valence electrons. The third-order valence-corrected chi connectivity index (χ3v) is 8.34. The van der Waals surface area contributed by atoms with E-state index in [0.29, 0.717) is 12.8 Å². The molecule has 0 spiro atoms. The first kappa shape index (κ1) is 34.8. The average Bonchev–Trinajstić information content (AvgIpc) is 2.71. The Morgan fingerprint density at radius 3 is 1.58 bits per heavy atom. The van der Waals surface area contributed by atoms with E-state index in [-0.39, 0.29) is 6.61 Å². The van der Waals surface area contributed by atoms with Gasteiger partial charge >= 0.3 is 40.7 Å². The Balaban J connectivity index is 3.60. The van der Waals surface area contributed by atoms with Crippen LogP contribution in [0.25, 0.3) is 0 Å². The molecule has 0 bridgehead atoms. The molecule has 0 aromatic carbocycles. The predicted octanol–water partition coefficient (Wildman–Crippen LogP) is 0.140. The predicted molar refractivity (Wildman–Crippen MR) is 123 cm³/mol. The molecule has 1 aliphatic heterocycles. The lowest BCUT2D eigenvalue weighted by Gasteiger charge is -2.45. The molecule has 0 amide bonds. The summed E-state index contributed by atoms with van der Waals surface area (Å²) in [4.78, 5) is 63.4. The highest BCUT2D eigenvalue weighted by molar-refractivity contribution is 7.54. The Morgan fingerprint density at radius 1 is 0.763 bits per heavy atom. The van der Waals surface area contributed by atoms with Gasteiger partial charge in [-0.15, -0.1) is 0 Å². The number of methoxy groups -OCH3 is 1. The van der Waals surface area contributed by atoms with E-state index < -0.39 is 96.5 Å². The van der Waals surface area contributed by atoms with E-state index in [2.05, 4.69) is 0 Å². The van der Waals surface area contributed by atoms with Crippen LogP contribution in [0.4, 0.5) is 0 Å². The first-order valence-electron chi connectivity index (χ1n) is 10.8. The van der Waals surface area contributed by atoms with Crippen LogP contribution in [0.15, 0.2) is 0 Å². The molecule has 21 heteroatoms. The zero-order valence-corrected chi connectivity index (χ0v) is 22.9. The van der Waals surface area contributed by atoms with Crippen molar-refractivity contribution < 1.29 is 85.9 Å². The van der Waals surface area contributed by atoms with Crippen molar-refractivity contribution in [1.29, 1.82) is 0 Å². The summed E-state index contributed by atoms with van der Waals surface area (Å²) in [6.07, 6.45) is -12.9. The molecule has 1 saturated heterocycles. The molecule has 0 radical (unpaired) electrons. The minimum Gasteiger partial charge on any atom is -0.481 e. The SMILES string of the molecule is CCCCOC[C@H]1OC(OC)[C@@H](OP(=O)(O)CC(=O)O)[C@@H](OP(=O)(O)CC(=O)O)[C@@H]1OP(=O)(O)CC(=O)O. The third kappa shape index (κ3) is 12.3. The molecule has 0 aromatic rings. The fourth-order valence-corrected chi connectivity index (χ4v) is 6.31. The smallest absolute Gasteiger partial charge is 0.339 e. The zero-order valence-electron chi connectivity index (χ0n) is 20.3. The Kier molecular flexibility index (Phi) is 13.7. The molecule has 1 heterocycles. The number of rotatable bonds is 18. The maximum atomic E-state index is 12.5. The maximum Gasteiger partial charge on any atom is 0.339 e. The molecule has 6 N–H and O–H groups in total. The van der Waals surface area contributed by atoms with Crippen LogP contribution in [0.3, 0.4) is 0 Å². The normalized spacial score (nSPS) is 28.5. The van der Waals surface area contributed by atoms with Crippen LogP contribution in [0.2, 0.25) is 0 Å². The van der Waals surface area contributed by atoms with E-state index in [1.807, 2.05) is 6.92 Å². The molecule has 38 heavy (non-hydrogen) atoms. The summed E-state index contributed by atoms with van der Waals surface area (Å²) in [5.41, 5.74) is 0. The van der Waals surface area contributed by atoms with E-state index in [1.165, 1.54) is 0 Å². The molecule has 0 aromatic heterocycles. The second kappa shape index (κ2) is 14.9. The van der Waals surface area contributed by atoms with Gasteiger partial charge in [0.25, 0.3) is 0 Å². The number of carboxylic acid groups (broad SMARTS) is 3. The highest BCUT2D eigenvalue weighted by Gasteiger charge is 2.55. The van der Waals surface area contributed by atoms with E-state index in [0.717, 1.165) is 7.11 Å². The molecule has 18 nitrogen and oxygen atoms in total. The monoisotopic (exact) mass is 616 g/mol. The summed E-state index contributed by atoms with van der Waals surface area (Å²) >= 11 is 0. The topological polar surface area (TPSA) is 279 Å². The number of aliphatic carboxylic acids is 3. The number of hydrogen-bond donors (Lipinski definition) is 6. The Labute approximate surface area is 216 Å². The molecule has 0 saturated carbocycles. The molecular formula is C17H31O18P3. The van der Waals surface area contributed by atoms with E-state index >= 15 is 0 Å². The van der Waals surface area contributed by atoms with Crippen molar-refractivity contribution in [2.75, 3.05) is 38.8 Å². The highest BCUT2D eigenvalue weighted by atomic mass is 31.2. The molecule has 1 aliphatic rings.